The number of anilines is 1. The van der Waals surface area contributed by atoms with Crippen LogP contribution >= 0.6 is 0 Å². The molecule has 2 aromatic rings. The van der Waals surface area contributed by atoms with Crippen molar-refractivity contribution in [1.29, 1.82) is 0 Å². The number of rotatable bonds is 7. The van der Waals surface area contributed by atoms with Gasteiger partial charge < -0.3 is 15.0 Å². The molecule has 0 saturated carbocycles. The Kier molecular flexibility index (Phi) is 7.26. The molecule has 0 aromatic heterocycles. The van der Waals surface area contributed by atoms with Crippen LogP contribution in [-0.4, -0.2) is 60.1 Å². The van der Waals surface area contributed by atoms with Crippen LogP contribution in [0, 0.1) is 21.7 Å². The van der Waals surface area contributed by atoms with Crippen molar-refractivity contribution in [1.82, 2.24) is 9.80 Å². The number of nitro groups is 1. The van der Waals surface area contributed by atoms with Gasteiger partial charge in [0, 0.05) is 50.9 Å². The second kappa shape index (κ2) is 10.1. The molecule has 0 radical (unpaired) electrons. The number of hydrogen-bond acceptors (Lipinski definition) is 5. The van der Waals surface area contributed by atoms with E-state index in [4.69, 9.17) is 4.74 Å². The number of non-ortho nitro benzene ring substituents is 1. The largest absolute Gasteiger partial charge is 0.379 e. The summed E-state index contributed by atoms with van der Waals surface area (Å²) in [4.78, 5) is 26.8. The molecule has 160 valence electrons. The van der Waals surface area contributed by atoms with Crippen LogP contribution in [0.25, 0.3) is 0 Å². The number of nitrogens with zero attached hydrogens (tertiary/aromatic N) is 3. The van der Waals surface area contributed by atoms with Crippen molar-refractivity contribution in [3.63, 3.8) is 0 Å². The number of nitrogens with one attached hydrogen (secondary N) is 1. The van der Waals surface area contributed by atoms with Crippen LogP contribution in [0.5, 0.6) is 0 Å². The molecule has 3 rings (SSSR count). The number of carbonyl (C=O) groups is 1. The molecule has 10 heteroatoms. The molecule has 1 heterocycles. The predicted molar refractivity (Wildman–Crippen MR) is 106 cm³/mol. The van der Waals surface area contributed by atoms with Gasteiger partial charge in [0.05, 0.1) is 23.8 Å². The van der Waals surface area contributed by atoms with Crippen LogP contribution in [0.2, 0.25) is 0 Å². The lowest BCUT2D eigenvalue weighted by atomic mass is 10.2. The van der Waals surface area contributed by atoms with E-state index in [1.54, 1.807) is 12.1 Å². The standard InChI is InChI=1S/C20H22F2N4O4/c21-16-3-6-19(18(22)13-16)23-20(27)25(8-7-24-9-11-30-12-10-24)14-15-1-4-17(5-2-15)26(28)29/h1-6,13H,7-12,14H2,(H,23,27). The van der Waals surface area contributed by atoms with Crippen molar-refractivity contribution in [3.05, 3.63) is 69.8 Å². The van der Waals surface area contributed by atoms with Gasteiger partial charge in [0.25, 0.3) is 5.69 Å². The topological polar surface area (TPSA) is 88.0 Å². The maximum Gasteiger partial charge on any atom is 0.322 e. The van der Waals surface area contributed by atoms with Crippen LogP contribution in [-0.2, 0) is 11.3 Å². The molecule has 0 aliphatic carbocycles. The minimum Gasteiger partial charge on any atom is -0.379 e. The summed E-state index contributed by atoms with van der Waals surface area (Å²) in [7, 11) is 0. The molecule has 0 unspecified atom stereocenters. The third kappa shape index (κ3) is 5.94. The van der Waals surface area contributed by atoms with Crippen LogP contribution < -0.4 is 5.32 Å². The van der Waals surface area contributed by atoms with Gasteiger partial charge in [-0.2, -0.15) is 0 Å². The van der Waals surface area contributed by atoms with Crippen molar-refractivity contribution in [3.8, 4) is 0 Å². The van der Waals surface area contributed by atoms with Gasteiger partial charge >= 0.3 is 6.03 Å². The normalized spacial score (nSPS) is 14.3. The van der Waals surface area contributed by atoms with E-state index in [0.717, 1.165) is 25.2 Å². The minimum absolute atomic E-state index is 0.0450. The lowest BCUT2D eigenvalue weighted by Gasteiger charge is -2.30. The number of carbonyl (C=O) groups excluding carboxylic acids is 1. The summed E-state index contributed by atoms with van der Waals surface area (Å²) in [5.74, 6) is -1.60. The Morgan fingerprint density at radius 2 is 1.87 bits per heavy atom. The first kappa shape index (κ1) is 21.6. The molecule has 0 bridgehead atoms. The van der Waals surface area contributed by atoms with Crippen LogP contribution in [0.1, 0.15) is 5.56 Å². The summed E-state index contributed by atoms with van der Waals surface area (Å²) >= 11 is 0. The van der Waals surface area contributed by atoms with E-state index >= 15 is 0 Å². The highest BCUT2D eigenvalue weighted by Gasteiger charge is 2.19. The second-order valence-electron chi connectivity index (χ2n) is 6.85. The van der Waals surface area contributed by atoms with E-state index in [9.17, 15) is 23.7 Å². The van der Waals surface area contributed by atoms with Gasteiger partial charge in [-0.3, -0.25) is 15.0 Å². The quantitative estimate of drug-likeness (QED) is 0.549. The van der Waals surface area contributed by atoms with Gasteiger partial charge in [-0.15, -0.1) is 0 Å². The summed E-state index contributed by atoms with van der Waals surface area (Å²) in [6, 6.07) is 8.26. The zero-order valence-electron chi connectivity index (χ0n) is 16.2. The average Bonchev–Trinajstić information content (AvgIpc) is 2.74. The highest BCUT2D eigenvalue weighted by atomic mass is 19.1. The molecule has 1 saturated heterocycles. The van der Waals surface area contributed by atoms with Crippen LogP contribution in [0.15, 0.2) is 42.5 Å². The molecular weight excluding hydrogens is 398 g/mol. The van der Waals surface area contributed by atoms with Crippen molar-refractivity contribution in [2.24, 2.45) is 0 Å². The monoisotopic (exact) mass is 420 g/mol. The van der Waals surface area contributed by atoms with Gasteiger partial charge in [0.1, 0.15) is 11.6 Å². The van der Waals surface area contributed by atoms with Gasteiger partial charge in [-0.1, -0.05) is 12.1 Å². The zero-order chi connectivity index (χ0) is 21.5. The Balaban J connectivity index is 1.71. The number of hydrogen-bond donors (Lipinski definition) is 1. The van der Waals surface area contributed by atoms with E-state index in [0.29, 0.717) is 37.9 Å². The molecule has 2 aromatic carbocycles. The molecule has 2 amide bonds. The molecule has 1 aliphatic heterocycles. The summed E-state index contributed by atoms with van der Waals surface area (Å²) in [5, 5.41) is 13.3. The fourth-order valence-electron chi connectivity index (χ4n) is 3.07. The van der Waals surface area contributed by atoms with E-state index in [1.165, 1.54) is 17.0 Å². The maximum absolute atomic E-state index is 13.9. The number of halogens is 2. The van der Waals surface area contributed by atoms with E-state index in [2.05, 4.69) is 10.2 Å². The highest BCUT2D eigenvalue weighted by molar-refractivity contribution is 5.89. The van der Waals surface area contributed by atoms with Gasteiger partial charge in [0.2, 0.25) is 0 Å². The van der Waals surface area contributed by atoms with Gasteiger partial charge in [-0.25, -0.2) is 13.6 Å². The third-order valence-corrected chi connectivity index (χ3v) is 4.77. The van der Waals surface area contributed by atoms with Crippen LogP contribution in [0.4, 0.5) is 25.0 Å². The van der Waals surface area contributed by atoms with Crippen LogP contribution in [0.3, 0.4) is 0 Å². The van der Waals surface area contributed by atoms with Crippen molar-refractivity contribution < 1.29 is 23.2 Å². The maximum atomic E-state index is 13.9. The third-order valence-electron chi connectivity index (χ3n) is 4.77. The Labute approximate surface area is 172 Å². The first-order valence-electron chi connectivity index (χ1n) is 9.47. The molecule has 1 aliphatic rings. The summed E-state index contributed by atoms with van der Waals surface area (Å²) in [5.41, 5.74) is 0.523. The lowest BCUT2D eigenvalue weighted by molar-refractivity contribution is -0.384. The average molecular weight is 420 g/mol. The summed E-state index contributed by atoms with van der Waals surface area (Å²) in [6.45, 7) is 3.86. The van der Waals surface area contributed by atoms with Gasteiger partial charge in [-0.05, 0) is 17.7 Å². The molecule has 0 atom stereocenters. The fourth-order valence-corrected chi connectivity index (χ4v) is 3.07. The molecule has 8 nitrogen and oxygen atoms in total. The van der Waals surface area contributed by atoms with Gasteiger partial charge in [0.15, 0.2) is 0 Å². The molecule has 0 spiro atoms. The number of nitro benzene ring substituents is 1. The molecule has 30 heavy (non-hydrogen) atoms. The Hall–Kier alpha value is -3.11. The van der Waals surface area contributed by atoms with E-state index < -0.39 is 22.6 Å². The van der Waals surface area contributed by atoms with E-state index in [1.807, 2.05) is 0 Å². The smallest absolute Gasteiger partial charge is 0.322 e. The first-order valence-corrected chi connectivity index (χ1v) is 9.47. The minimum atomic E-state index is -0.869. The van der Waals surface area contributed by atoms with Crippen molar-refractivity contribution >= 4 is 17.4 Å². The number of amides is 2. The first-order chi connectivity index (χ1) is 14.4. The van der Waals surface area contributed by atoms with Crippen molar-refractivity contribution in [2.45, 2.75) is 6.54 Å². The second-order valence-corrected chi connectivity index (χ2v) is 6.85. The fraction of sp³-hybridized carbons (Fsp3) is 0.350. The predicted octanol–water partition coefficient (Wildman–Crippen LogP) is 3.24. The van der Waals surface area contributed by atoms with E-state index in [-0.39, 0.29) is 17.9 Å². The number of benzene rings is 2. The molecule has 1 N–H and O–H groups in total. The Morgan fingerprint density at radius 1 is 1.17 bits per heavy atom. The summed E-state index contributed by atoms with van der Waals surface area (Å²) in [6.07, 6.45) is 0. The number of ether oxygens (including phenoxy) is 1. The van der Waals surface area contributed by atoms with Crippen molar-refractivity contribution in [2.75, 3.05) is 44.7 Å². The molecular formula is C20H22F2N4O4. The summed E-state index contributed by atoms with van der Waals surface area (Å²) < 4.78 is 32.4. The Bertz CT molecular complexity index is 889. The molecule has 1 fully saturated rings. The SMILES string of the molecule is O=C(Nc1ccc(F)cc1F)N(CCN1CCOCC1)Cc1ccc([N+](=O)[O-])cc1. The highest BCUT2D eigenvalue weighted by Crippen LogP contribution is 2.17. The number of morpholine rings is 1. The lowest BCUT2D eigenvalue weighted by Crippen LogP contribution is -2.44. The zero-order valence-corrected chi connectivity index (χ0v) is 16.2. The number of urea groups is 1. The Morgan fingerprint density at radius 3 is 2.50 bits per heavy atom.